The third-order valence-corrected chi connectivity index (χ3v) is 5.72. The smallest absolute Gasteiger partial charge is 0.295 e. The van der Waals surface area contributed by atoms with E-state index in [4.69, 9.17) is 9.47 Å². The van der Waals surface area contributed by atoms with Crippen LogP contribution in [0.2, 0.25) is 0 Å². The molecule has 0 radical (unpaired) electrons. The van der Waals surface area contributed by atoms with Crippen LogP contribution in [0.25, 0.3) is 5.76 Å². The summed E-state index contributed by atoms with van der Waals surface area (Å²) < 4.78 is 10.9. The zero-order valence-electron chi connectivity index (χ0n) is 17.1. The molecule has 4 rings (SSSR count). The Kier molecular flexibility index (Phi) is 5.59. The predicted molar refractivity (Wildman–Crippen MR) is 112 cm³/mol. The fourth-order valence-electron chi connectivity index (χ4n) is 4.08. The highest BCUT2D eigenvalue weighted by Gasteiger charge is 2.47. The number of amides is 1. The van der Waals surface area contributed by atoms with Crippen molar-refractivity contribution in [1.29, 1.82) is 0 Å². The van der Waals surface area contributed by atoms with Gasteiger partial charge in [0.15, 0.2) is 0 Å². The number of methoxy groups -OCH3 is 1. The van der Waals surface area contributed by atoms with E-state index in [1.54, 1.807) is 31.4 Å². The van der Waals surface area contributed by atoms with Crippen LogP contribution in [0.3, 0.4) is 0 Å². The molecule has 2 atom stereocenters. The van der Waals surface area contributed by atoms with E-state index in [1.165, 1.54) is 4.90 Å². The second-order valence-corrected chi connectivity index (χ2v) is 7.73. The number of nitrogens with zero attached hydrogens (tertiary/aromatic N) is 1. The summed E-state index contributed by atoms with van der Waals surface area (Å²) >= 11 is 0. The number of hydrogen-bond acceptors (Lipinski definition) is 5. The number of ether oxygens (including phenoxy) is 2. The van der Waals surface area contributed by atoms with E-state index in [-0.39, 0.29) is 17.4 Å². The summed E-state index contributed by atoms with van der Waals surface area (Å²) in [6.07, 6.45) is 1.69. The first kappa shape index (κ1) is 20.2. The number of benzene rings is 2. The van der Waals surface area contributed by atoms with Crippen molar-refractivity contribution in [1.82, 2.24) is 4.90 Å². The van der Waals surface area contributed by atoms with Gasteiger partial charge < -0.3 is 19.5 Å². The third-order valence-electron chi connectivity index (χ3n) is 5.72. The van der Waals surface area contributed by atoms with E-state index < -0.39 is 17.7 Å². The summed E-state index contributed by atoms with van der Waals surface area (Å²) in [5.74, 6) is -0.824. The van der Waals surface area contributed by atoms with Crippen molar-refractivity contribution >= 4 is 17.4 Å². The SMILES string of the molecule is COc1ccc(C(O)=C2C(=O)C(=O)N(C[C@@H]3CCCO3)[C@@H]2c2ccc(C)cc2)cc1. The third kappa shape index (κ3) is 3.71. The Labute approximate surface area is 175 Å². The molecule has 2 fully saturated rings. The van der Waals surface area contributed by atoms with E-state index in [0.29, 0.717) is 24.5 Å². The molecular weight excluding hydrogens is 382 g/mol. The minimum atomic E-state index is -0.674. The lowest BCUT2D eigenvalue weighted by molar-refractivity contribution is -0.140. The van der Waals surface area contributed by atoms with Crippen LogP contribution in [0.1, 0.15) is 35.6 Å². The largest absolute Gasteiger partial charge is 0.507 e. The minimum absolute atomic E-state index is 0.0998. The standard InChI is InChI=1S/C24H25NO5/c1-15-5-7-16(8-6-15)21-20(22(26)17-9-11-18(29-2)12-10-17)23(27)24(28)25(21)14-19-4-3-13-30-19/h5-12,19,21,26H,3-4,13-14H2,1-2H3/t19-,21+/m0/s1. The Hall–Kier alpha value is -3.12. The highest BCUT2D eigenvalue weighted by Crippen LogP contribution is 2.40. The number of aliphatic hydroxyl groups is 1. The average Bonchev–Trinajstić information content (AvgIpc) is 3.36. The molecule has 2 aromatic rings. The summed E-state index contributed by atoms with van der Waals surface area (Å²) in [5.41, 5.74) is 2.42. The van der Waals surface area contributed by atoms with Gasteiger partial charge in [0, 0.05) is 18.7 Å². The number of carbonyl (C=O) groups excluding carboxylic acids is 2. The molecule has 2 aromatic carbocycles. The number of carbonyl (C=O) groups is 2. The number of rotatable bonds is 5. The Morgan fingerprint density at radius 1 is 1.13 bits per heavy atom. The second-order valence-electron chi connectivity index (χ2n) is 7.73. The van der Waals surface area contributed by atoms with Gasteiger partial charge in [0.25, 0.3) is 11.7 Å². The van der Waals surface area contributed by atoms with Gasteiger partial charge in [-0.1, -0.05) is 29.8 Å². The van der Waals surface area contributed by atoms with E-state index in [0.717, 1.165) is 24.0 Å². The van der Waals surface area contributed by atoms with Crippen LogP contribution < -0.4 is 4.74 Å². The molecule has 6 heteroatoms. The maximum atomic E-state index is 13.0. The van der Waals surface area contributed by atoms with E-state index in [1.807, 2.05) is 31.2 Å². The lowest BCUT2D eigenvalue weighted by atomic mass is 9.94. The Morgan fingerprint density at radius 3 is 2.43 bits per heavy atom. The summed E-state index contributed by atoms with van der Waals surface area (Å²) in [4.78, 5) is 27.5. The van der Waals surface area contributed by atoms with Gasteiger partial charge in [0.05, 0.1) is 24.8 Å². The normalized spacial score (nSPS) is 23.2. The van der Waals surface area contributed by atoms with Crippen LogP contribution in [-0.4, -0.2) is 48.1 Å². The molecule has 1 amide bonds. The minimum Gasteiger partial charge on any atom is -0.507 e. The molecule has 2 aliphatic heterocycles. The van der Waals surface area contributed by atoms with Gasteiger partial charge in [-0.25, -0.2) is 0 Å². The number of aryl methyl sites for hydroxylation is 1. The van der Waals surface area contributed by atoms with E-state index in [9.17, 15) is 14.7 Å². The summed E-state index contributed by atoms with van der Waals surface area (Å²) in [6, 6.07) is 13.8. The number of likely N-dealkylation sites (tertiary alicyclic amines) is 1. The van der Waals surface area contributed by atoms with Crippen molar-refractivity contribution < 1.29 is 24.2 Å². The molecule has 0 aliphatic carbocycles. The van der Waals surface area contributed by atoms with Crippen molar-refractivity contribution in [3.63, 3.8) is 0 Å². The quantitative estimate of drug-likeness (QED) is 0.466. The maximum Gasteiger partial charge on any atom is 0.295 e. The fourth-order valence-corrected chi connectivity index (χ4v) is 4.08. The van der Waals surface area contributed by atoms with Crippen LogP contribution in [0.4, 0.5) is 0 Å². The van der Waals surface area contributed by atoms with Crippen molar-refractivity contribution in [2.45, 2.75) is 31.9 Å². The number of aliphatic hydroxyl groups excluding tert-OH is 1. The zero-order valence-corrected chi connectivity index (χ0v) is 17.1. The maximum absolute atomic E-state index is 13.0. The van der Waals surface area contributed by atoms with Crippen molar-refractivity contribution in [2.24, 2.45) is 0 Å². The molecule has 0 spiro atoms. The van der Waals surface area contributed by atoms with E-state index in [2.05, 4.69) is 0 Å². The molecule has 1 N–H and O–H groups in total. The Morgan fingerprint density at radius 2 is 1.83 bits per heavy atom. The molecule has 156 valence electrons. The number of Topliss-reactive ketones (excluding diaryl/α,β-unsaturated/α-hetero) is 1. The summed E-state index contributed by atoms with van der Waals surface area (Å²) in [7, 11) is 1.56. The average molecular weight is 407 g/mol. The van der Waals surface area contributed by atoms with Gasteiger partial charge in [0.1, 0.15) is 11.5 Å². The molecule has 6 nitrogen and oxygen atoms in total. The number of ketones is 1. The van der Waals surface area contributed by atoms with Gasteiger partial charge in [0.2, 0.25) is 0 Å². The highest BCUT2D eigenvalue weighted by atomic mass is 16.5. The lowest BCUT2D eigenvalue weighted by Gasteiger charge is -2.27. The van der Waals surface area contributed by atoms with Crippen LogP contribution in [0.15, 0.2) is 54.1 Å². The topological polar surface area (TPSA) is 76.1 Å². The Bertz CT molecular complexity index is 972. The fraction of sp³-hybridized carbons (Fsp3) is 0.333. The predicted octanol–water partition coefficient (Wildman–Crippen LogP) is 3.60. The molecule has 0 aromatic heterocycles. The van der Waals surface area contributed by atoms with Gasteiger partial charge in [-0.3, -0.25) is 9.59 Å². The van der Waals surface area contributed by atoms with Crippen LogP contribution in [-0.2, 0) is 14.3 Å². The molecule has 2 aliphatic rings. The zero-order chi connectivity index (χ0) is 21.3. The first-order valence-electron chi connectivity index (χ1n) is 10.1. The van der Waals surface area contributed by atoms with Gasteiger partial charge in [-0.05, 0) is 49.6 Å². The molecule has 30 heavy (non-hydrogen) atoms. The first-order chi connectivity index (χ1) is 14.5. The van der Waals surface area contributed by atoms with Crippen molar-refractivity contribution in [2.75, 3.05) is 20.3 Å². The molecule has 0 bridgehead atoms. The molecular formula is C24H25NO5. The van der Waals surface area contributed by atoms with Crippen LogP contribution in [0.5, 0.6) is 5.75 Å². The molecule has 0 saturated carbocycles. The van der Waals surface area contributed by atoms with Crippen LogP contribution >= 0.6 is 0 Å². The molecule has 2 heterocycles. The second kappa shape index (κ2) is 8.32. The first-order valence-corrected chi connectivity index (χ1v) is 10.1. The summed E-state index contributed by atoms with van der Waals surface area (Å²) in [6.45, 7) is 2.96. The van der Waals surface area contributed by atoms with Gasteiger partial charge in [-0.2, -0.15) is 0 Å². The molecule has 0 unspecified atom stereocenters. The number of hydrogen-bond donors (Lipinski definition) is 1. The summed E-state index contributed by atoms with van der Waals surface area (Å²) in [5, 5.41) is 11.0. The van der Waals surface area contributed by atoms with Crippen LogP contribution in [0, 0.1) is 6.92 Å². The van der Waals surface area contributed by atoms with Crippen molar-refractivity contribution in [3.05, 3.63) is 70.8 Å². The van der Waals surface area contributed by atoms with Crippen molar-refractivity contribution in [3.8, 4) is 5.75 Å². The van der Waals surface area contributed by atoms with Gasteiger partial charge >= 0.3 is 0 Å². The molecule has 2 saturated heterocycles. The van der Waals surface area contributed by atoms with Gasteiger partial charge in [-0.15, -0.1) is 0 Å². The Balaban J connectivity index is 1.80. The highest BCUT2D eigenvalue weighted by molar-refractivity contribution is 6.46. The van der Waals surface area contributed by atoms with E-state index >= 15 is 0 Å². The lowest BCUT2D eigenvalue weighted by Crippen LogP contribution is -2.36. The monoisotopic (exact) mass is 407 g/mol.